The molecule has 1 aromatic carbocycles. The molecule has 0 unspecified atom stereocenters. The number of anilines is 1. The number of rotatable bonds is 7. The summed E-state index contributed by atoms with van der Waals surface area (Å²) in [5, 5.41) is 2.72. The Bertz CT molecular complexity index is 626. The lowest BCUT2D eigenvalue weighted by molar-refractivity contribution is -0.119. The van der Waals surface area contributed by atoms with E-state index in [1.165, 1.54) is 7.11 Å². The first-order valence-electron chi connectivity index (χ1n) is 7.04. The highest BCUT2D eigenvalue weighted by Gasteiger charge is 2.24. The molecule has 1 amide bonds. The third kappa shape index (κ3) is 5.22. The largest absolute Gasteiger partial charge is 0.495 e. The third-order valence-electron chi connectivity index (χ3n) is 3.00. The number of hydrogen-bond acceptors (Lipinski definition) is 4. The van der Waals surface area contributed by atoms with Crippen molar-refractivity contribution in [3.8, 4) is 5.75 Å². The van der Waals surface area contributed by atoms with E-state index in [1.54, 1.807) is 12.1 Å². The SMILES string of the molecule is COc1ccc(C)cc1N(CC(=O)NCC(C)C)S(C)(=O)=O. The Morgan fingerprint density at radius 2 is 2.00 bits per heavy atom. The van der Waals surface area contributed by atoms with Crippen molar-refractivity contribution < 1.29 is 17.9 Å². The van der Waals surface area contributed by atoms with E-state index >= 15 is 0 Å². The minimum absolute atomic E-state index is 0.272. The van der Waals surface area contributed by atoms with Gasteiger partial charge in [-0.05, 0) is 30.5 Å². The Morgan fingerprint density at radius 1 is 1.36 bits per heavy atom. The van der Waals surface area contributed by atoms with Gasteiger partial charge in [0.05, 0.1) is 19.1 Å². The van der Waals surface area contributed by atoms with Crippen LogP contribution in [0.15, 0.2) is 18.2 Å². The second-order valence-electron chi connectivity index (χ2n) is 5.64. The Morgan fingerprint density at radius 3 is 2.50 bits per heavy atom. The van der Waals surface area contributed by atoms with Crippen molar-refractivity contribution in [1.82, 2.24) is 5.32 Å². The van der Waals surface area contributed by atoms with E-state index < -0.39 is 10.0 Å². The van der Waals surface area contributed by atoms with E-state index in [-0.39, 0.29) is 12.5 Å². The van der Waals surface area contributed by atoms with Gasteiger partial charge >= 0.3 is 0 Å². The molecule has 0 heterocycles. The molecule has 0 aromatic heterocycles. The van der Waals surface area contributed by atoms with Crippen molar-refractivity contribution in [2.24, 2.45) is 5.92 Å². The molecular formula is C15H24N2O4S. The van der Waals surface area contributed by atoms with Crippen LogP contribution in [0.2, 0.25) is 0 Å². The minimum Gasteiger partial charge on any atom is -0.495 e. The van der Waals surface area contributed by atoms with Crippen LogP contribution in [-0.4, -0.2) is 40.8 Å². The van der Waals surface area contributed by atoms with E-state index in [0.29, 0.717) is 23.9 Å². The summed E-state index contributed by atoms with van der Waals surface area (Å²) in [6.07, 6.45) is 1.07. The van der Waals surface area contributed by atoms with E-state index in [4.69, 9.17) is 4.74 Å². The first-order chi connectivity index (χ1) is 10.1. The predicted octanol–water partition coefficient (Wildman–Crippen LogP) is 1.54. The number of benzene rings is 1. The molecule has 0 saturated carbocycles. The van der Waals surface area contributed by atoms with E-state index in [1.807, 2.05) is 26.8 Å². The summed E-state index contributed by atoms with van der Waals surface area (Å²) in [4.78, 5) is 12.0. The molecule has 0 aliphatic heterocycles. The predicted molar refractivity (Wildman–Crippen MR) is 87.8 cm³/mol. The molecular weight excluding hydrogens is 304 g/mol. The van der Waals surface area contributed by atoms with Crippen LogP contribution in [0.4, 0.5) is 5.69 Å². The van der Waals surface area contributed by atoms with Crippen molar-refractivity contribution in [3.05, 3.63) is 23.8 Å². The maximum absolute atomic E-state index is 12.1. The van der Waals surface area contributed by atoms with Gasteiger partial charge in [0.25, 0.3) is 0 Å². The molecule has 0 bridgehead atoms. The molecule has 0 aliphatic carbocycles. The zero-order valence-electron chi connectivity index (χ0n) is 13.7. The highest BCUT2D eigenvalue weighted by Crippen LogP contribution is 2.30. The molecule has 0 fully saturated rings. The zero-order valence-corrected chi connectivity index (χ0v) is 14.5. The maximum Gasteiger partial charge on any atom is 0.240 e. The van der Waals surface area contributed by atoms with Crippen LogP contribution in [0, 0.1) is 12.8 Å². The lowest BCUT2D eigenvalue weighted by Gasteiger charge is -2.24. The second-order valence-corrected chi connectivity index (χ2v) is 7.55. The highest BCUT2D eigenvalue weighted by molar-refractivity contribution is 7.92. The van der Waals surface area contributed by atoms with Crippen molar-refractivity contribution in [1.29, 1.82) is 0 Å². The third-order valence-corrected chi connectivity index (χ3v) is 4.12. The average molecular weight is 328 g/mol. The van der Waals surface area contributed by atoms with Gasteiger partial charge in [-0.1, -0.05) is 19.9 Å². The van der Waals surface area contributed by atoms with Gasteiger partial charge in [-0.25, -0.2) is 8.42 Å². The smallest absolute Gasteiger partial charge is 0.240 e. The average Bonchev–Trinajstić information content (AvgIpc) is 2.41. The number of hydrogen-bond donors (Lipinski definition) is 1. The normalized spacial score (nSPS) is 11.4. The summed E-state index contributed by atoms with van der Waals surface area (Å²) in [5.74, 6) is 0.361. The van der Waals surface area contributed by atoms with Gasteiger partial charge in [-0.3, -0.25) is 9.10 Å². The first-order valence-corrected chi connectivity index (χ1v) is 8.89. The summed E-state index contributed by atoms with van der Waals surface area (Å²) in [6.45, 7) is 6.02. The molecule has 0 radical (unpaired) electrons. The number of aryl methyl sites for hydroxylation is 1. The summed E-state index contributed by atoms with van der Waals surface area (Å²) in [5.41, 5.74) is 1.25. The number of carbonyl (C=O) groups is 1. The van der Waals surface area contributed by atoms with Crippen LogP contribution in [-0.2, 0) is 14.8 Å². The Kier molecular flexibility index (Phi) is 6.22. The van der Waals surface area contributed by atoms with Crippen molar-refractivity contribution in [2.45, 2.75) is 20.8 Å². The maximum atomic E-state index is 12.1. The van der Waals surface area contributed by atoms with E-state index in [0.717, 1.165) is 16.1 Å². The summed E-state index contributed by atoms with van der Waals surface area (Å²) < 4.78 is 30.4. The van der Waals surface area contributed by atoms with Gasteiger partial charge in [0.15, 0.2) is 0 Å². The van der Waals surface area contributed by atoms with Crippen LogP contribution >= 0.6 is 0 Å². The number of methoxy groups -OCH3 is 1. The minimum atomic E-state index is -3.61. The van der Waals surface area contributed by atoms with Gasteiger partial charge in [0, 0.05) is 6.54 Å². The second kappa shape index (κ2) is 7.49. The van der Waals surface area contributed by atoms with Crippen LogP contribution < -0.4 is 14.4 Å². The Hall–Kier alpha value is -1.76. The van der Waals surface area contributed by atoms with Gasteiger partial charge in [0.2, 0.25) is 15.9 Å². The topological polar surface area (TPSA) is 75.7 Å². The summed E-state index contributed by atoms with van der Waals surface area (Å²) in [7, 11) is -2.14. The molecule has 0 saturated heterocycles. The monoisotopic (exact) mass is 328 g/mol. The number of nitrogens with one attached hydrogen (secondary N) is 1. The first kappa shape index (κ1) is 18.3. The van der Waals surface area contributed by atoms with Crippen molar-refractivity contribution in [3.63, 3.8) is 0 Å². The van der Waals surface area contributed by atoms with Crippen LogP contribution in [0.3, 0.4) is 0 Å². The number of ether oxygens (including phenoxy) is 1. The number of carbonyl (C=O) groups excluding carboxylic acids is 1. The fourth-order valence-corrected chi connectivity index (χ4v) is 2.73. The lowest BCUT2D eigenvalue weighted by Crippen LogP contribution is -2.41. The van der Waals surface area contributed by atoms with E-state index in [2.05, 4.69) is 5.32 Å². The van der Waals surface area contributed by atoms with Gasteiger partial charge in [0.1, 0.15) is 12.3 Å². The van der Waals surface area contributed by atoms with E-state index in [9.17, 15) is 13.2 Å². The summed E-state index contributed by atoms with van der Waals surface area (Å²) >= 11 is 0. The molecule has 1 N–H and O–H groups in total. The van der Waals surface area contributed by atoms with Crippen molar-refractivity contribution >= 4 is 21.6 Å². The molecule has 0 aliphatic rings. The van der Waals surface area contributed by atoms with Gasteiger partial charge < -0.3 is 10.1 Å². The van der Waals surface area contributed by atoms with Crippen molar-refractivity contribution in [2.75, 3.05) is 30.8 Å². The number of nitrogens with zero attached hydrogens (tertiary/aromatic N) is 1. The van der Waals surface area contributed by atoms with Gasteiger partial charge in [-0.15, -0.1) is 0 Å². The molecule has 6 nitrogen and oxygen atoms in total. The molecule has 0 spiro atoms. The van der Waals surface area contributed by atoms with Crippen LogP contribution in [0.5, 0.6) is 5.75 Å². The number of sulfonamides is 1. The molecule has 22 heavy (non-hydrogen) atoms. The summed E-state index contributed by atoms with van der Waals surface area (Å²) in [6, 6.07) is 5.20. The standard InChI is InChI=1S/C15H24N2O4S/c1-11(2)9-16-15(18)10-17(22(5,19)20)13-8-12(3)6-7-14(13)21-4/h6-8,11H,9-10H2,1-5H3,(H,16,18). The fraction of sp³-hybridized carbons (Fsp3) is 0.533. The molecule has 124 valence electrons. The number of amides is 1. The lowest BCUT2D eigenvalue weighted by atomic mass is 10.2. The Labute approximate surface area is 132 Å². The molecule has 1 rings (SSSR count). The molecule has 0 atom stereocenters. The molecule has 7 heteroatoms. The fourth-order valence-electron chi connectivity index (χ4n) is 1.88. The Balaban J connectivity index is 3.10. The molecule has 1 aromatic rings. The van der Waals surface area contributed by atoms with Crippen LogP contribution in [0.1, 0.15) is 19.4 Å². The van der Waals surface area contributed by atoms with Gasteiger partial charge in [-0.2, -0.15) is 0 Å². The highest BCUT2D eigenvalue weighted by atomic mass is 32.2. The van der Waals surface area contributed by atoms with Crippen LogP contribution in [0.25, 0.3) is 0 Å². The zero-order chi connectivity index (χ0) is 16.9. The quantitative estimate of drug-likeness (QED) is 0.824.